The molecule has 2 fully saturated rings. The minimum absolute atomic E-state index is 0.111. The zero-order valence-electron chi connectivity index (χ0n) is 9.83. The van der Waals surface area contributed by atoms with E-state index in [9.17, 15) is 9.59 Å². The normalized spacial score (nSPS) is 28.3. The summed E-state index contributed by atoms with van der Waals surface area (Å²) in [7, 11) is 0. The maximum atomic E-state index is 12.1. The van der Waals surface area contributed by atoms with Crippen LogP contribution in [0.2, 0.25) is 0 Å². The molecule has 2 heterocycles. The Hall–Kier alpha value is -1.14. The van der Waals surface area contributed by atoms with E-state index in [1.807, 2.05) is 0 Å². The lowest BCUT2D eigenvalue weighted by Gasteiger charge is -2.34. The zero-order chi connectivity index (χ0) is 12.3. The number of carbonyl (C=O) groups excluding carboxylic acids is 2. The molecule has 0 bridgehead atoms. The van der Waals surface area contributed by atoms with Crippen molar-refractivity contribution in [2.24, 2.45) is 5.73 Å². The monoisotopic (exact) mass is 241 g/mol. The van der Waals surface area contributed by atoms with Crippen LogP contribution in [0.5, 0.6) is 0 Å². The first kappa shape index (κ1) is 12.3. The Bertz CT molecular complexity index is 313. The van der Waals surface area contributed by atoms with Crippen LogP contribution in [0.1, 0.15) is 25.7 Å². The molecule has 0 aromatic heterocycles. The Morgan fingerprint density at radius 1 is 1.47 bits per heavy atom. The second-order valence-corrected chi connectivity index (χ2v) is 4.73. The second-order valence-electron chi connectivity index (χ2n) is 4.73. The lowest BCUT2D eigenvalue weighted by Crippen LogP contribution is -2.61. The number of piperidine rings is 1. The van der Waals surface area contributed by atoms with Crippen LogP contribution in [0, 0.1) is 0 Å². The van der Waals surface area contributed by atoms with Crippen LogP contribution in [0.3, 0.4) is 0 Å². The highest BCUT2D eigenvalue weighted by molar-refractivity contribution is 5.92. The minimum Gasteiger partial charge on any atom is -0.381 e. The third kappa shape index (κ3) is 2.76. The molecular formula is C11H19N3O3. The summed E-state index contributed by atoms with van der Waals surface area (Å²) < 4.78 is 5.19. The highest BCUT2D eigenvalue weighted by Crippen LogP contribution is 2.18. The smallest absolute Gasteiger partial charge is 0.242 e. The van der Waals surface area contributed by atoms with Gasteiger partial charge >= 0.3 is 0 Å². The van der Waals surface area contributed by atoms with Crippen LogP contribution >= 0.6 is 0 Å². The molecule has 0 aromatic carbocycles. The van der Waals surface area contributed by atoms with Crippen molar-refractivity contribution >= 4 is 11.8 Å². The highest BCUT2D eigenvalue weighted by atomic mass is 16.5. The van der Waals surface area contributed by atoms with Gasteiger partial charge in [0.15, 0.2) is 0 Å². The molecule has 1 unspecified atom stereocenters. The van der Waals surface area contributed by atoms with Gasteiger partial charge in [-0.1, -0.05) is 0 Å². The fourth-order valence-corrected chi connectivity index (χ4v) is 2.17. The first-order valence-corrected chi connectivity index (χ1v) is 6.07. The molecule has 4 N–H and O–H groups in total. The van der Waals surface area contributed by atoms with Crippen molar-refractivity contribution in [3.8, 4) is 0 Å². The predicted molar refractivity (Wildman–Crippen MR) is 61.1 cm³/mol. The lowest BCUT2D eigenvalue weighted by atomic mass is 9.89. The van der Waals surface area contributed by atoms with Gasteiger partial charge in [-0.2, -0.15) is 0 Å². The van der Waals surface area contributed by atoms with Gasteiger partial charge in [-0.15, -0.1) is 0 Å². The van der Waals surface area contributed by atoms with Crippen LogP contribution < -0.4 is 16.4 Å². The van der Waals surface area contributed by atoms with E-state index in [0.29, 0.717) is 39.0 Å². The predicted octanol–water partition coefficient (Wildman–Crippen LogP) is -1.11. The molecule has 96 valence electrons. The summed E-state index contributed by atoms with van der Waals surface area (Å²) in [6, 6.07) is -0.431. The molecule has 2 saturated heterocycles. The number of nitrogens with two attached hydrogens (primary N) is 1. The molecule has 2 rings (SSSR count). The van der Waals surface area contributed by atoms with Gasteiger partial charge in [0.1, 0.15) is 6.04 Å². The average molecular weight is 241 g/mol. The van der Waals surface area contributed by atoms with E-state index < -0.39 is 11.6 Å². The maximum Gasteiger partial charge on any atom is 0.242 e. The van der Waals surface area contributed by atoms with E-state index in [4.69, 9.17) is 10.5 Å². The summed E-state index contributed by atoms with van der Waals surface area (Å²) in [6.07, 6.45) is 2.59. The van der Waals surface area contributed by atoms with E-state index in [2.05, 4.69) is 10.6 Å². The van der Waals surface area contributed by atoms with E-state index in [0.717, 1.165) is 6.42 Å². The Labute approximate surface area is 100 Å². The van der Waals surface area contributed by atoms with Crippen LogP contribution in [0.4, 0.5) is 0 Å². The summed E-state index contributed by atoms with van der Waals surface area (Å²) in [5.74, 6) is -0.344. The molecule has 0 aromatic rings. The van der Waals surface area contributed by atoms with Gasteiger partial charge in [-0.3, -0.25) is 9.59 Å². The number of ether oxygens (including phenoxy) is 1. The maximum absolute atomic E-state index is 12.1. The standard InChI is InChI=1S/C11H19N3O3/c12-11(3-6-17-7-4-11)10(16)14-8-2-1-5-13-9(8)15/h8H,1-7,12H2,(H,13,15)(H,14,16). The Kier molecular flexibility index (Phi) is 3.63. The third-order valence-corrected chi connectivity index (χ3v) is 3.43. The molecule has 0 spiro atoms. The van der Waals surface area contributed by atoms with Crippen molar-refractivity contribution in [3.63, 3.8) is 0 Å². The summed E-state index contributed by atoms with van der Waals surface area (Å²) in [5.41, 5.74) is 5.16. The van der Waals surface area contributed by atoms with Gasteiger partial charge in [-0.05, 0) is 25.7 Å². The zero-order valence-corrected chi connectivity index (χ0v) is 9.83. The summed E-state index contributed by atoms with van der Waals surface area (Å²) >= 11 is 0. The van der Waals surface area contributed by atoms with Crippen molar-refractivity contribution in [2.75, 3.05) is 19.8 Å². The van der Waals surface area contributed by atoms with Crippen LogP contribution in [0.25, 0.3) is 0 Å². The third-order valence-electron chi connectivity index (χ3n) is 3.43. The number of nitrogens with one attached hydrogen (secondary N) is 2. The average Bonchev–Trinajstić information content (AvgIpc) is 2.33. The van der Waals surface area contributed by atoms with Crippen molar-refractivity contribution in [1.29, 1.82) is 0 Å². The number of amides is 2. The van der Waals surface area contributed by atoms with Gasteiger partial charge in [0, 0.05) is 19.8 Å². The lowest BCUT2D eigenvalue weighted by molar-refractivity contribution is -0.135. The van der Waals surface area contributed by atoms with Gasteiger partial charge in [0.2, 0.25) is 11.8 Å². The Balaban J connectivity index is 1.93. The molecule has 0 radical (unpaired) electrons. The molecule has 1 atom stereocenters. The molecule has 2 aliphatic heterocycles. The molecule has 6 nitrogen and oxygen atoms in total. The summed E-state index contributed by atoms with van der Waals surface area (Å²) in [5, 5.41) is 5.48. The number of carbonyl (C=O) groups is 2. The first-order chi connectivity index (χ1) is 8.12. The van der Waals surface area contributed by atoms with Gasteiger partial charge in [0.05, 0.1) is 5.54 Å². The van der Waals surface area contributed by atoms with Gasteiger partial charge in [0.25, 0.3) is 0 Å². The SMILES string of the molecule is NC1(C(=O)NC2CCCNC2=O)CCOCC1. The molecule has 0 aliphatic carbocycles. The quantitative estimate of drug-likeness (QED) is 0.571. The van der Waals surface area contributed by atoms with E-state index in [-0.39, 0.29) is 11.8 Å². The van der Waals surface area contributed by atoms with Crippen LogP contribution in [-0.4, -0.2) is 43.2 Å². The number of hydrogen-bond donors (Lipinski definition) is 3. The van der Waals surface area contributed by atoms with E-state index in [1.54, 1.807) is 0 Å². The molecule has 0 saturated carbocycles. The fraction of sp³-hybridized carbons (Fsp3) is 0.818. The first-order valence-electron chi connectivity index (χ1n) is 6.07. The van der Waals surface area contributed by atoms with Gasteiger partial charge < -0.3 is 21.1 Å². The van der Waals surface area contributed by atoms with Crippen molar-refractivity contribution < 1.29 is 14.3 Å². The fourth-order valence-electron chi connectivity index (χ4n) is 2.17. The summed E-state index contributed by atoms with van der Waals surface area (Å²) in [4.78, 5) is 23.6. The van der Waals surface area contributed by atoms with Gasteiger partial charge in [-0.25, -0.2) is 0 Å². The van der Waals surface area contributed by atoms with E-state index >= 15 is 0 Å². The van der Waals surface area contributed by atoms with E-state index in [1.165, 1.54) is 0 Å². The topological polar surface area (TPSA) is 93.5 Å². The number of hydrogen-bond acceptors (Lipinski definition) is 4. The van der Waals surface area contributed by atoms with Crippen LogP contribution in [-0.2, 0) is 14.3 Å². The molecular weight excluding hydrogens is 222 g/mol. The van der Waals surface area contributed by atoms with Crippen molar-refractivity contribution in [2.45, 2.75) is 37.3 Å². The Morgan fingerprint density at radius 3 is 2.82 bits per heavy atom. The molecule has 2 amide bonds. The molecule has 6 heteroatoms. The Morgan fingerprint density at radius 2 is 2.18 bits per heavy atom. The van der Waals surface area contributed by atoms with Crippen molar-refractivity contribution in [1.82, 2.24) is 10.6 Å². The largest absolute Gasteiger partial charge is 0.381 e. The van der Waals surface area contributed by atoms with Crippen molar-refractivity contribution in [3.05, 3.63) is 0 Å². The summed E-state index contributed by atoms with van der Waals surface area (Å²) in [6.45, 7) is 1.69. The highest BCUT2D eigenvalue weighted by Gasteiger charge is 2.38. The molecule has 17 heavy (non-hydrogen) atoms. The minimum atomic E-state index is -0.879. The second kappa shape index (κ2) is 5.01. The van der Waals surface area contributed by atoms with Crippen LogP contribution in [0.15, 0.2) is 0 Å². The number of rotatable bonds is 2. The molecule has 2 aliphatic rings.